The highest BCUT2D eigenvalue weighted by Gasteiger charge is 2.13. The number of carboxylic acids is 1. The molecule has 98 valence electrons. The van der Waals surface area contributed by atoms with Gasteiger partial charge in [0.05, 0.1) is 0 Å². The summed E-state index contributed by atoms with van der Waals surface area (Å²) in [5.41, 5.74) is 1.84. The molecule has 1 amide bonds. The largest absolute Gasteiger partial charge is 0.481 e. The van der Waals surface area contributed by atoms with Crippen LogP contribution < -0.4 is 4.90 Å². The van der Waals surface area contributed by atoms with Crippen LogP contribution in [0.3, 0.4) is 0 Å². The third-order valence-electron chi connectivity index (χ3n) is 2.69. The Morgan fingerprint density at radius 3 is 2.61 bits per heavy atom. The summed E-state index contributed by atoms with van der Waals surface area (Å²) in [6, 6.07) is 5.73. The molecule has 1 aromatic rings. The Hall–Kier alpha value is -1.36. The van der Waals surface area contributed by atoms with Crippen molar-refractivity contribution in [3.05, 3.63) is 28.2 Å². The monoisotopic (exact) mass is 313 g/mol. The maximum Gasteiger partial charge on any atom is 0.303 e. The molecule has 4 nitrogen and oxygen atoms in total. The first-order chi connectivity index (χ1) is 8.41. The molecule has 0 spiro atoms. The molecule has 1 aromatic carbocycles. The molecule has 0 atom stereocenters. The molecule has 0 aliphatic carbocycles. The SMILES string of the molecule is Cc1ccc(Br)cc1N(C)C(=O)CCCC(=O)O. The van der Waals surface area contributed by atoms with Gasteiger partial charge in [-0.05, 0) is 31.0 Å². The smallest absolute Gasteiger partial charge is 0.303 e. The van der Waals surface area contributed by atoms with Gasteiger partial charge in [0.1, 0.15) is 0 Å². The van der Waals surface area contributed by atoms with Crippen LogP contribution in [0, 0.1) is 6.92 Å². The van der Waals surface area contributed by atoms with Gasteiger partial charge in [-0.3, -0.25) is 9.59 Å². The predicted molar refractivity (Wildman–Crippen MR) is 73.8 cm³/mol. The Kier molecular flexibility index (Phi) is 5.34. The molecule has 0 saturated carbocycles. The van der Waals surface area contributed by atoms with E-state index in [1.54, 1.807) is 11.9 Å². The minimum Gasteiger partial charge on any atom is -0.481 e. The second-order valence-electron chi connectivity index (χ2n) is 4.13. The highest BCUT2D eigenvalue weighted by atomic mass is 79.9. The Bertz CT molecular complexity index is 460. The molecule has 1 N–H and O–H groups in total. The van der Waals surface area contributed by atoms with Gasteiger partial charge in [-0.2, -0.15) is 0 Å². The number of anilines is 1. The number of hydrogen-bond acceptors (Lipinski definition) is 2. The minimum atomic E-state index is -0.871. The van der Waals surface area contributed by atoms with Crippen molar-refractivity contribution in [3.63, 3.8) is 0 Å². The van der Waals surface area contributed by atoms with Crippen LogP contribution >= 0.6 is 15.9 Å². The summed E-state index contributed by atoms with van der Waals surface area (Å²) in [6.45, 7) is 1.93. The maximum absolute atomic E-state index is 11.9. The predicted octanol–water partition coefficient (Wildman–Crippen LogP) is 2.98. The summed E-state index contributed by atoms with van der Waals surface area (Å²) in [7, 11) is 1.71. The fourth-order valence-corrected chi connectivity index (χ4v) is 1.99. The van der Waals surface area contributed by atoms with Crippen LogP contribution in [0.4, 0.5) is 5.69 Å². The van der Waals surface area contributed by atoms with Crippen molar-refractivity contribution in [2.75, 3.05) is 11.9 Å². The first-order valence-corrected chi connectivity index (χ1v) is 6.45. The molecule has 0 aliphatic rings. The number of benzene rings is 1. The molecule has 0 unspecified atom stereocenters. The van der Waals surface area contributed by atoms with E-state index >= 15 is 0 Å². The lowest BCUT2D eigenvalue weighted by Gasteiger charge is -2.19. The molecule has 0 aromatic heterocycles. The fraction of sp³-hybridized carbons (Fsp3) is 0.385. The highest BCUT2D eigenvalue weighted by Crippen LogP contribution is 2.24. The van der Waals surface area contributed by atoms with Gasteiger partial charge in [0.25, 0.3) is 0 Å². The summed E-state index contributed by atoms with van der Waals surface area (Å²) in [4.78, 5) is 23.9. The van der Waals surface area contributed by atoms with E-state index in [-0.39, 0.29) is 18.7 Å². The minimum absolute atomic E-state index is 0.0248. The number of aliphatic carboxylic acids is 1. The molecule has 18 heavy (non-hydrogen) atoms. The molecule has 0 heterocycles. The van der Waals surface area contributed by atoms with Crippen molar-refractivity contribution >= 4 is 33.5 Å². The first-order valence-electron chi connectivity index (χ1n) is 5.66. The normalized spacial score (nSPS) is 10.2. The van der Waals surface area contributed by atoms with Crippen LogP contribution in [0.15, 0.2) is 22.7 Å². The lowest BCUT2D eigenvalue weighted by atomic mass is 10.1. The third-order valence-corrected chi connectivity index (χ3v) is 3.18. The topological polar surface area (TPSA) is 57.6 Å². The van der Waals surface area contributed by atoms with Crippen LogP contribution in [0.1, 0.15) is 24.8 Å². The van der Waals surface area contributed by atoms with Crippen LogP contribution in [0.25, 0.3) is 0 Å². The molecular formula is C13H16BrNO3. The van der Waals surface area contributed by atoms with Crippen molar-refractivity contribution in [1.29, 1.82) is 0 Å². The molecule has 0 aliphatic heterocycles. The van der Waals surface area contributed by atoms with Gasteiger partial charge in [-0.15, -0.1) is 0 Å². The number of carboxylic acid groups (broad SMARTS) is 1. The number of amides is 1. The highest BCUT2D eigenvalue weighted by molar-refractivity contribution is 9.10. The van der Waals surface area contributed by atoms with E-state index in [1.807, 2.05) is 25.1 Å². The number of carbonyl (C=O) groups excluding carboxylic acids is 1. The lowest BCUT2D eigenvalue weighted by Crippen LogP contribution is -2.26. The van der Waals surface area contributed by atoms with E-state index in [9.17, 15) is 9.59 Å². The van der Waals surface area contributed by atoms with E-state index in [0.29, 0.717) is 6.42 Å². The number of carbonyl (C=O) groups is 2. The molecule has 5 heteroatoms. The van der Waals surface area contributed by atoms with Crippen molar-refractivity contribution < 1.29 is 14.7 Å². The Labute approximate surface area is 115 Å². The molecular weight excluding hydrogens is 298 g/mol. The van der Waals surface area contributed by atoms with Gasteiger partial charge in [-0.25, -0.2) is 0 Å². The Balaban J connectivity index is 2.68. The third kappa shape index (κ3) is 4.14. The van der Waals surface area contributed by atoms with Crippen molar-refractivity contribution in [2.45, 2.75) is 26.2 Å². The van der Waals surface area contributed by atoms with Gasteiger partial charge in [-0.1, -0.05) is 22.0 Å². The summed E-state index contributed by atoms with van der Waals surface area (Å²) in [5, 5.41) is 8.53. The summed E-state index contributed by atoms with van der Waals surface area (Å²) in [5.74, 6) is -0.943. The van der Waals surface area contributed by atoms with Crippen molar-refractivity contribution in [1.82, 2.24) is 0 Å². The Morgan fingerprint density at radius 1 is 1.33 bits per heavy atom. The van der Waals surface area contributed by atoms with E-state index in [4.69, 9.17) is 5.11 Å². The summed E-state index contributed by atoms with van der Waals surface area (Å²) < 4.78 is 0.910. The fourth-order valence-electron chi connectivity index (χ4n) is 1.64. The molecule has 0 radical (unpaired) electrons. The van der Waals surface area contributed by atoms with E-state index in [2.05, 4.69) is 15.9 Å². The van der Waals surface area contributed by atoms with Gasteiger partial charge >= 0.3 is 5.97 Å². The number of rotatable bonds is 5. The molecule has 1 rings (SSSR count). The number of hydrogen-bond donors (Lipinski definition) is 1. The first kappa shape index (κ1) is 14.7. The van der Waals surface area contributed by atoms with E-state index < -0.39 is 5.97 Å². The van der Waals surface area contributed by atoms with E-state index in [0.717, 1.165) is 15.7 Å². The standard InChI is InChI=1S/C13H16BrNO3/c1-9-6-7-10(14)8-11(9)15(2)12(16)4-3-5-13(17)18/h6-8H,3-5H2,1-2H3,(H,17,18). The molecule has 0 bridgehead atoms. The van der Waals surface area contributed by atoms with Gasteiger partial charge in [0.2, 0.25) is 5.91 Å². The average molecular weight is 314 g/mol. The number of halogens is 1. The van der Waals surface area contributed by atoms with Crippen molar-refractivity contribution in [2.24, 2.45) is 0 Å². The van der Waals surface area contributed by atoms with E-state index in [1.165, 1.54) is 0 Å². The zero-order valence-electron chi connectivity index (χ0n) is 10.4. The average Bonchev–Trinajstić information content (AvgIpc) is 2.30. The summed E-state index contributed by atoms with van der Waals surface area (Å²) >= 11 is 3.37. The second kappa shape index (κ2) is 6.54. The zero-order chi connectivity index (χ0) is 13.7. The second-order valence-corrected chi connectivity index (χ2v) is 5.05. The van der Waals surface area contributed by atoms with Crippen LogP contribution in [0.2, 0.25) is 0 Å². The maximum atomic E-state index is 11.9. The van der Waals surface area contributed by atoms with Crippen LogP contribution in [-0.4, -0.2) is 24.0 Å². The Morgan fingerprint density at radius 2 is 2.00 bits per heavy atom. The quantitative estimate of drug-likeness (QED) is 0.909. The van der Waals surface area contributed by atoms with Gasteiger partial charge in [0.15, 0.2) is 0 Å². The molecule has 0 saturated heterocycles. The molecule has 0 fully saturated rings. The van der Waals surface area contributed by atoms with Crippen LogP contribution in [0.5, 0.6) is 0 Å². The van der Waals surface area contributed by atoms with Crippen molar-refractivity contribution in [3.8, 4) is 0 Å². The summed E-state index contributed by atoms with van der Waals surface area (Å²) in [6.07, 6.45) is 0.636. The van der Waals surface area contributed by atoms with Gasteiger partial charge < -0.3 is 10.0 Å². The lowest BCUT2D eigenvalue weighted by molar-refractivity contribution is -0.137. The number of nitrogens with zero attached hydrogens (tertiary/aromatic N) is 1. The van der Waals surface area contributed by atoms with Gasteiger partial charge in [0, 0.05) is 30.0 Å². The number of aryl methyl sites for hydroxylation is 1. The van der Waals surface area contributed by atoms with Crippen LogP contribution in [-0.2, 0) is 9.59 Å². The zero-order valence-corrected chi connectivity index (χ0v) is 12.0.